The zero-order valence-corrected chi connectivity index (χ0v) is 13.6. The van der Waals surface area contributed by atoms with E-state index in [4.69, 9.17) is 0 Å². The number of hydrogen-bond donors (Lipinski definition) is 2. The third kappa shape index (κ3) is 4.73. The van der Waals surface area contributed by atoms with Crippen molar-refractivity contribution in [2.75, 3.05) is 5.75 Å². The number of nitrogens with one attached hydrogen (secondary N) is 2. The maximum Gasteiger partial charge on any atom is 0.321 e. The van der Waals surface area contributed by atoms with Crippen LogP contribution in [0, 0.1) is 6.92 Å². The van der Waals surface area contributed by atoms with Crippen molar-refractivity contribution in [1.29, 1.82) is 0 Å². The lowest BCUT2D eigenvalue weighted by Gasteiger charge is -2.20. The van der Waals surface area contributed by atoms with Gasteiger partial charge in [-0.25, -0.2) is 4.79 Å². The van der Waals surface area contributed by atoms with Crippen LogP contribution >= 0.6 is 11.8 Å². The van der Waals surface area contributed by atoms with Gasteiger partial charge in [0.2, 0.25) is 5.91 Å². The van der Waals surface area contributed by atoms with Gasteiger partial charge >= 0.3 is 6.03 Å². The van der Waals surface area contributed by atoms with Crippen LogP contribution in [0.4, 0.5) is 4.79 Å². The first-order valence-corrected chi connectivity index (χ1v) is 7.91. The smallest absolute Gasteiger partial charge is 0.321 e. The van der Waals surface area contributed by atoms with Crippen LogP contribution in [0.1, 0.15) is 45.5 Å². The Morgan fingerprint density at radius 2 is 2.00 bits per heavy atom. The fourth-order valence-corrected chi connectivity index (χ4v) is 2.72. The second-order valence-electron chi connectivity index (χ2n) is 6.17. The molecule has 1 fully saturated rings. The summed E-state index contributed by atoms with van der Waals surface area (Å²) in [5.41, 5.74) is -0.374. The number of urea groups is 1. The number of hydrogen-bond acceptors (Lipinski definition) is 5. The Morgan fingerprint density at radius 1 is 1.33 bits per heavy atom. The number of nitrogens with zero attached hydrogens (tertiary/aromatic N) is 3. The Hall–Kier alpha value is -1.57. The van der Waals surface area contributed by atoms with Crippen molar-refractivity contribution in [3.63, 3.8) is 0 Å². The van der Waals surface area contributed by atoms with E-state index in [2.05, 4.69) is 25.4 Å². The molecule has 1 aromatic heterocycles. The Kier molecular flexibility index (Phi) is 4.55. The molecular formula is C13H21N5O2S. The highest BCUT2D eigenvalue weighted by molar-refractivity contribution is 7.99. The van der Waals surface area contributed by atoms with Gasteiger partial charge < -0.3 is 9.88 Å². The molecule has 21 heavy (non-hydrogen) atoms. The molecule has 1 saturated carbocycles. The molecule has 0 spiro atoms. The van der Waals surface area contributed by atoms with Gasteiger partial charge in [0.25, 0.3) is 0 Å². The Morgan fingerprint density at radius 3 is 2.57 bits per heavy atom. The Balaban J connectivity index is 1.83. The quantitative estimate of drug-likeness (QED) is 0.825. The molecule has 1 heterocycles. The van der Waals surface area contributed by atoms with Gasteiger partial charge in [-0.1, -0.05) is 11.8 Å². The summed E-state index contributed by atoms with van der Waals surface area (Å²) in [4.78, 5) is 23.4. The fraction of sp³-hybridized carbons (Fsp3) is 0.692. The van der Waals surface area contributed by atoms with Crippen LogP contribution in [0.15, 0.2) is 5.16 Å². The van der Waals surface area contributed by atoms with E-state index in [0.29, 0.717) is 6.04 Å². The SMILES string of the molecule is Cc1nnc(SCC(=O)NC(=O)NC(C)(C)C)n1C1CC1. The summed E-state index contributed by atoms with van der Waals surface area (Å²) in [6, 6.07) is -0.0114. The van der Waals surface area contributed by atoms with Crippen LogP contribution in [-0.2, 0) is 4.79 Å². The van der Waals surface area contributed by atoms with Crippen LogP contribution in [0.25, 0.3) is 0 Å². The highest BCUT2D eigenvalue weighted by Crippen LogP contribution is 2.38. The topological polar surface area (TPSA) is 88.9 Å². The van der Waals surface area contributed by atoms with Crippen molar-refractivity contribution in [1.82, 2.24) is 25.4 Å². The predicted octanol–water partition coefficient (Wildman–Crippen LogP) is 1.64. The molecule has 1 aliphatic rings. The van der Waals surface area contributed by atoms with E-state index in [1.54, 1.807) is 0 Å². The third-order valence-electron chi connectivity index (χ3n) is 2.82. The van der Waals surface area contributed by atoms with Crippen LogP contribution in [0.2, 0.25) is 0 Å². The minimum absolute atomic E-state index is 0.141. The molecule has 2 rings (SSSR count). The lowest BCUT2D eigenvalue weighted by molar-refractivity contribution is -0.117. The number of thioether (sulfide) groups is 1. The molecule has 0 unspecified atom stereocenters. The van der Waals surface area contributed by atoms with E-state index >= 15 is 0 Å². The second-order valence-corrected chi connectivity index (χ2v) is 7.11. The van der Waals surface area contributed by atoms with Gasteiger partial charge in [-0.15, -0.1) is 10.2 Å². The van der Waals surface area contributed by atoms with Crippen molar-refractivity contribution in [2.24, 2.45) is 0 Å². The molecule has 1 aromatic rings. The number of carbonyl (C=O) groups excluding carboxylic acids is 2. The molecule has 0 aromatic carbocycles. The molecule has 0 radical (unpaired) electrons. The van der Waals surface area contributed by atoms with E-state index in [1.165, 1.54) is 11.8 Å². The molecule has 1 aliphatic carbocycles. The van der Waals surface area contributed by atoms with Gasteiger partial charge in [0.15, 0.2) is 5.16 Å². The molecule has 7 nitrogen and oxygen atoms in total. The zero-order valence-electron chi connectivity index (χ0n) is 12.8. The predicted molar refractivity (Wildman–Crippen MR) is 80.2 cm³/mol. The number of imide groups is 1. The minimum atomic E-state index is -0.479. The Bertz CT molecular complexity index is 545. The molecule has 0 aliphatic heterocycles. The molecule has 8 heteroatoms. The Labute approximate surface area is 128 Å². The van der Waals surface area contributed by atoms with Crippen molar-refractivity contribution in [3.05, 3.63) is 5.82 Å². The number of aryl methyl sites for hydroxylation is 1. The van der Waals surface area contributed by atoms with Crippen molar-refractivity contribution < 1.29 is 9.59 Å². The second kappa shape index (κ2) is 6.05. The summed E-state index contributed by atoms with van der Waals surface area (Å²) in [6.45, 7) is 7.47. The number of carbonyl (C=O) groups is 2. The summed E-state index contributed by atoms with van der Waals surface area (Å²) < 4.78 is 2.06. The standard InChI is InChI=1S/C13H21N5O2S/c1-8-16-17-12(18(8)9-5-6-9)21-7-10(19)14-11(20)15-13(2,3)4/h9H,5-7H2,1-4H3,(H2,14,15,19,20). The lowest BCUT2D eigenvalue weighted by Crippen LogP contribution is -2.48. The number of aromatic nitrogens is 3. The van der Waals surface area contributed by atoms with Crippen LogP contribution < -0.4 is 10.6 Å². The van der Waals surface area contributed by atoms with E-state index < -0.39 is 6.03 Å². The first-order chi connectivity index (χ1) is 9.76. The molecule has 0 saturated heterocycles. The maximum absolute atomic E-state index is 11.8. The average Bonchev–Trinajstić information content (AvgIpc) is 3.08. The summed E-state index contributed by atoms with van der Waals surface area (Å²) in [7, 11) is 0. The molecule has 2 N–H and O–H groups in total. The summed E-state index contributed by atoms with van der Waals surface area (Å²) in [6.07, 6.45) is 2.26. The van der Waals surface area contributed by atoms with Crippen LogP contribution in [0.3, 0.4) is 0 Å². The highest BCUT2D eigenvalue weighted by atomic mass is 32.2. The molecule has 116 valence electrons. The van der Waals surface area contributed by atoms with E-state index in [0.717, 1.165) is 23.8 Å². The van der Waals surface area contributed by atoms with Gasteiger partial charge in [0.1, 0.15) is 5.82 Å². The summed E-state index contributed by atoms with van der Waals surface area (Å²) in [5.74, 6) is 0.665. The van der Waals surface area contributed by atoms with Crippen molar-refractivity contribution in [3.8, 4) is 0 Å². The van der Waals surface area contributed by atoms with E-state index in [-0.39, 0.29) is 17.2 Å². The third-order valence-corrected chi connectivity index (χ3v) is 3.76. The zero-order chi connectivity index (χ0) is 15.6. The van der Waals surface area contributed by atoms with E-state index in [9.17, 15) is 9.59 Å². The van der Waals surface area contributed by atoms with Crippen LogP contribution in [0.5, 0.6) is 0 Å². The molecule has 0 atom stereocenters. The minimum Gasteiger partial charge on any atom is -0.333 e. The highest BCUT2D eigenvalue weighted by Gasteiger charge is 2.28. The van der Waals surface area contributed by atoms with Crippen LogP contribution in [-0.4, -0.2) is 38.0 Å². The monoisotopic (exact) mass is 311 g/mol. The first kappa shape index (κ1) is 15.8. The van der Waals surface area contributed by atoms with Gasteiger partial charge in [0, 0.05) is 11.6 Å². The lowest BCUT2D eigenvalue weighted by atomic mass is 10.1. The van der Waals surface area contributed by atoms with Gasteiger partial charge in [-0.2, -0.15) is 0 Å². The molecular weight excluding hydrogens is 290 g/mol. The van der Waals surface area contributed by atoms with Gasteiger partial charge in [0.05, 0.1) is 5.75 Å². The number of rotatable bonds is 4. The van der Waals surface area contributed by atoms with Gasteiger partial charge in [-0.3, -0.25) is 10.1 Å². The molecule has 0 bridgehead atoms. The fourth-order valence-electron chi connectivity index (χ4n) is 1.87. The maximum atomic E-state index is 11.8. The van der Waals surface area contributed by atoms with Crippen molar-refractivity contribution in [2.45, 2.75) is 57.3 Å². The number of amides is 3. The first-order valence-electron chi connectivity index (χ1n) is 6.92. The normalized spacial score (nSPS) is 14.9. The largest absolute Gasteiger partial charge is 0.333 e. The molecule has 3 amide bonds. The van der Waals surface area contributed by atoms with Crippen molar-refractivity contribution >= 4 is 23.7 Å². The average molecular weight is 311 g/mol. The summed E-state index contributed by atoms with van der Waals surface area (Å²) in [5, 5.41) is 13.9. The summed E-state index contributed by atoms with van der Waals surface area (Å²) >= 11 is 1.30. The van der Waals surface area contributed by atoms with E-state index in [1.807, 2.05) is 27.7 Å². The van der Waals surface area contributed by atoms with Gasteiger partial charge in [-0.05, 0) is 40.5 Å².